The first kappa shape index (κ1) is 15.8. The third-order valence-electron chi connectivity index (χ3n) is 2.44. The number of hydrogen-bond donors (Lipinski definition) is 0. The van der Waals surface area contributed by atoms with Crippen molar-refractivity contribution in [2.75, 3.05) is 6.26 Å². The zero-order valence-electron chi connectivity index (χ0n) is 11.2. The Morgan fingerprint density at radius 2 is 1.68 bits per heavy atom. The lowest BCUT2D eigenvalue weighted by molar-refractivity contribution is -0.384. The molecule has 19 heavy (non-hydrogen) atoms. The van der Waals surface area contributed by atoms with Crippen molar-refractivity contribution in [1.82, 2.24) is 0 Å². The van der Waals surface area contributed by atoms with Crippen LogP contribution in [0.5, 0.6) is 0 Å². The molecular weight excluding hydrogens is 288 g/mol. The fourth-order valence-electron chi connectivity index (χ4n) is 1.04. The maximum Gasteiger partial charge on any atom is 0.287 e. The fraction of sp³-hybridized carbons (Fsp3) is 0.455. The van der Waals surface area contributed by atoms with Crippen LogP contribution >= 0.6 is 0 Å². The van der Waals surface area contributed by atoms with Gasteiger partial charge >= 0.3 is 0 Å². The minimum absolute atomic E-state index is 0.0262. The molecule has 0 heterocycles. The van der Waals surface area contributed by atoms with E-state index in [9.17, 15) is 18.5 Å². The van der Waals surface area contributed by atoms with Crippen LogP contribution in [-0.2, 0) is 20.7 Å². The third-order valence-corrected chi connectivity index (χ3v) is 6.76. The Bertz CT molecular complexity index is 613. The zero-order valence-corrected chi connectivity index (χ0v) is 12.8. The van der Waals surface area contributed by atoms with Crippen LogP contribution in [0.1, 0.15) is 20.8 Å². The predicted molar refractivity (Wildman–Crippen MR) is 75.8 cm³/mol. The SMILES string of the molecule is C/S(=N\S(=O)(=O)c1ccc([N+](=O)[O-])cc1)C(C)(C)C. The topological polar surface area (TPSA) is 89.6 Å². The standard InChI is InChI=1S/C11H16N2O4S2/c1-11(2,3)18(4)12-19(16,17)10-7-5-9(6-8-10)13(14)15/h5-8H,1-4H3. The van der Waals surface area contributed by atoms with E-state index < -0.39 is 25.6 Å². The van der Waals surface area contributed by atoms with E-state index in [0.29, 0.717) is 0 Å². The minimum atomic E-state index is -3.77. The summed E-state index contributed by atoms with van der Waals surface area (Å²) in [6.07, 6.45) is 1.75. The molecule has 0 amide bonds. The molecule has 0 aliphatic carbocycles. The Hall–Kier alpha value is -1.28. The molecule has 1 rings (SSSR count). The largest absolute Gasteiger partial charge is 0.287 e. The molecule has 106 valence electrons. The van der Waals surface area contributed by atoms with Crippen LogP contribution in [0.3, 0.4) is 0 Å². The number of benzene rings is 1. The van der Waals surface area contributed by atoms with Crippen molar-refractivity contribution in [3.05, 3.63) is 34.4 Å². The number of nitro benzene ring substituents is 1. The second-order valence-electron chi connectivity index (χ2n) is 4.89. The number of hydrogen-bond acceptors (Lipinski definition) is 4. The lowest BCUT2D eigenvalue weighted by Gasteiger charge is -2.18. The molecular formula is C11H16N2O4S2. The monoisotopic (exact) mass is 304 g/mol. The van der Waals surface area contributed by atoms with Gasteiger partial charge in [-0.3, -0.25) is 10.1 Å². The normalized spacial score (nSPS) is 14.3. The van der Waals surface area contributed by atoms with E-state index in [4.69, 9.17) is 0 Å². The van der Waals surface area contributed by atoms with Gasteiger partial charge in [-0.25, -0.2) is 0 Å². The molecule has 0 saturated carbocycles. The Morgan fingerprint density at radius 1 is 1.21 bits per heavy atom. The third kappa shape index (κ3) is 4.10. The Labute approximate surface area is 115 Å². The molecule has 0 aromatic heterocycles. The highest BCUT2D eigenvalue weighted by Gasteiger charge is 2.19. The van der Waals surface area contributed by atoms with Gasteiger partial charge in [0.05, 0.1) is 9.82 Å². The van der Waals surface area contributed by atoms with Crippen LogP contribution < -0.4 is 0 Å². The molecule has 0 fully saturated rings. The molecule has 0 aliphatic heterocycles. The highest BCUT2D eigenvalue weighted by Crippen LogP contribution is 2.20. The summed E-state index contributed by atoms with van der Waals surface area (Å²) >= 11 is 0. The van der Waals surface area contributed by atoms with E-state index in [1.807, 2.05) is 20.8 Å². The number of rotatable bonds is 3. The molecule has 1 aromatic rings. The fourth-order valence-corrected chi connectivity index (χ4v) is 3.94. The average molecular weight is 304 g/mol. The highest BCUT2D eigenvalue weighted by molar-refractivity contribution is 8.00. The smallest absolute Gasteiger partial charge is 0.258 e. The second-order valence-corrected chi connectivity index (χ2v) is 9.09. The minimum Gasteiger partial charge on any atom is -0.258 e. The first-order chi connectivity index (χ1) is 8.54. The molecule has 0 N–H and O–H groups in total. The molecule has 0 spiro atoms. The van der Waals surface area contributed by atoms with E-state index in [1.165, 1.54) is 12.1 Å². The molecule has 1 aromatic carbocycles. The predicted octanol–water partition coefficient (Wildman–Crippen LogP) is 2.51. The number of non-ortho nitro benzene ring substituents is 1. The van der Waals surface area contributed by atoms with E-state index in [1.54, 1.807) is 6.26 Å². The van der Waals surface area contributed by atoms with Crippen molar-refractivity contribution in [1.29, 1.82) is 0 Å². The molecule has 8 heteroatoms. The molecule has 6 nitrogen and oxygen atoms in total. The van der Waals surface area contributed by atoms with E-state index in [2.05, 4.69) is 3.77 Å². The average Bonchev–Trinajstić information content (AvgIpc) is 2.27. The van der Waals surface area contributed by atoms with Gasteiger partial charge < -0.3 is 0 Å². The number of nitrogens with zero attached hydrogens (tertiary/aromatic N) is 2. The Morgan fingerprint density at radius 3 is 2.05 bits per heavy atom. The van der Waals surface area contributed by atoms with Gasteiger partial charge in [-0.05, 0) is 18.4 Å². The highest BCUT2D eigenvalue weighted by atomic mass is 32.3. The summed E-state index contributed by atoms with van der Waals surface area (Å²) in [5.41, 5.74) is -0.148. The number of sulfonamides is 1. The van der Waals surface area contributed by atoms with Gasteiger partial charge in [-0.1, -0.05) is 31.5 Å². The van der Waals surface area contributed by atoms with Crippen LogP contribution in [-0.4, -0.2) is 24.3 Å². The van der Waals surface area contributed by atoms with Gasteiger partial charge in [0.2, 0.25) is 0 Å². The Balaban J connectivity index is 3.18. The van der Waals surface area contributed by atoms with Gasteiger partial charge in [-0.2, -0.15) is 8.42 Å². The second kappa shape index (κ2) is 5.38. The number of nitro groups is 1. The summed E-state index contributed by atoms with van der Waals surface area (Å²) in [5.74, 6) is 0. The van der Waals surface area contributed by atoms with Gasteiger partial charge in [0, 0.05) is 16.9 Å². The first-order valence-corrected chi connectivity index (χ1v) is 8.46. The van der Waals surface area contributed by atoms with Crippen LogP contribution in [0.2, 0.25) is 0 Å². The van der Waals surface area contributed by atoms with Crippen molar-refractivity contribution in [2.24, 2.45) is 3.77 Å². The van der Waals surface area contributed by atoms with Crippen molar-refractivity contribution in [3.63, 3.8) is 0 Å². The molecule has 0 saturated heterocycles. The summed E-state index contributed by atoms with van der Waals surface area (Å²) in [5, 5.41) is 10.5. The molecule has 1 atom stereocenters. The molecule has 0 bridgehead atoms. The molecule has 0 radical (unpaired) electrons. The van der Waals surface area contributed by atoms with E-state index in [-0.39, 0.29) is 15.3 Å². The van der Waals surface area contributed by atoms with Crippen molar-refractivity contribution in [3.8, 4) is 0 Å². The van der Waals surface area contributed by atoms with E-state index >= 15 is 0 Å². The quantitative estimate of drug-likeness (QED) is 0.634. The lowest BCUT2D eigenvalue weighted by atomic mass is 10.3. The van der Waals surface area contributed by atoms with Crippen LogP contribution in [0.15, 0.2) is 32.9 Å². The van der Waals surface area contributed by atoms with Crippen LogP contribution in [0.4, 0.5) is 5.69 Å². The van der Waals surface area contributed by atoms with Crippen molar-refractivity contribution < 1.29 is 13.3 Å². The van der Waals surface area contributed by atoms with Gasteiger partial charge in [0.15, 0.2) is 0 Å². The van der Waals surface area contributed by atoms with Crippen molar-refractivity contribution >= 4 is 26.4 Å². The zero-order chi connectivity index (χ0) is 14.8. The van der Waals surface area contributed by atoms with Gasteiger partial charge in [-0.15, -0.1) is 3.77 Å². The lowest BCUT2D eigenvalue weighted by Crippen LogP contribution is -2.21. The summed E-state index contributed by atoms with van der Waals surface area (Å²) in [6.45, 7) is 5.72. The maximum atomic E-state index is 12.0. The summed E-state index contributed by atoms with van der Waals surface area (Å²) in [7, 11) is -4.44. The van der Waals surface area contributed by atoms with Crippen LogP contribution in [0.25, 0.3) is 0 Å². The summed E-state index contributed by atoms with van der Waals surface area (Å²) in [4.78, 5) is 9.90. The summed E-state index contributed by atoms with van der Waals surface area (Å²) < 4.78 is 27.7. The van der Waals surface area contributed by atoms with Crippen LogP contribution in [0, 0.1) is 10.1 Å². The Kier molecular flexibility index (Phi) is 4.46. The summed E-state index contributed by atoms with van der Waals surface area (Å²) in [6, 6.07) is 4.73. The first-order valence-electron chi connectivity index (χ1n) is 5.43. The molecule has 1 unspecified atom stereocenters. The van der Waals surface area contributed by atoms with Crippen molar-refractivity contribution in [2.45, 2.75) is 30.4 Å². The van der Waals surface area contributed by atoms with E-state index in [0.717, 1.165) is 12.1 Å². The molecule has 0 aliphatic rings. The van der Waals surface area contributed by atoms with Gasteiger partial charge in [0.1, 0.15) is 0 Å². The van der Waals surface area contributed by atoms with Gasteiger partial charge in [0.25, 0.3) is 15.7 Å². The maximum absolute atomic E-state index is 12.0.